The van der Waals surface area contributed by atoms with E-state index in [1.54, 1.807) is 0 Å². The number of hydrogen-bond acceptors (Lipinski definition) is 2. The molecule has 0 aromatic carbocycles. The summed E-state index contributed by atoms with van der Waals surface area (Å²) in [5, 5.41) is 3.38. The molecule has 0 heterocycles. The van der Waals surface area contributed by atoms with Gasteiger partial charge in [-0.25, -0.2) is 0 Å². The highest BCUT2D eigenvalue weighted by atomic mass is 32.2. The van der Waals surface area contributed by atoms with Crippen molar-refractivity contribution in [2.75, 3.05) is 12.3 Å². The van der Waals surface area contributed by atoms with Crippen molar-refractivity contribution in [2.45, 2.75) is 58.5 Å². The van der Waals surface area contributed by atoms with Crippen LogP contribution >= 0.6 is 11.8 Å². The Morgan fingerprint density at radius 1 is 1.11 bits per heavy atom. The number of nitrogens with one attached hydrogen (secondary N) is 1. The van der Waals surface area contributed by atoms with E-state index in [0.717, 1.165) is 13.0 Å². The summed E-state index contributed by atoms with van der Waals surface area (Å²) in [6, 6.07) is 0. The largest absolute Gasteiger partial charge is 0.441 e. The minimum atomic E-state index is -4.10. The van der Waals surface area contributed by atoms with Crippen LogP contribution in [0.25, 0.3) is 0 Å². The second-order valence-corrected chi connectivity index (χ2v) is 7.37. The van der Waals surface area contributed by atoms with E-state index in [9.17, 15) is 13.2 Å². The maximum Gasteiger partial charge on any atom is 0.441 e. The van der Waals surface area contributed by atoms with Gasteiger partial charge in [-0.1, -0.05) is 25.6 Å². The van der Waals surface area contributed by atoms with Gasteiger partial charge >= 0.3 is 5.51 Å². The predicted molar refractivity (Wildman–Crippen MR) is 73.8 cm³/mol. The third-order valence-corrected chi connectivity index (χ3v) is 3.28. The van der Waals surface area contributed by atoms with E-state index in [-0.39, 0.29) is 23.1 Å². The summed E-state index contributed by atoms with van der Waals surface area (Å²) in [6.07, 6.45) is 1.59. The molecule has 110 valence electrons. The lowest BCUT2D eigenvalue weighted by molar-refractivity contribution is -0.0328. The number of halogens is 3. The standard InChI is InChI=1S/C13H26F3NS/c1-10(2)8-11(9-17-12(3,4)5)6-7-18-13(14,15)16/h10-11,17H,6-9H2,1-5H3. The first kappa shape index (κ1) is 18.1. The molecule has 0 aliphatic carbocycles. The van der Waals surface area contributed by atoms with Crippen LogP contribution in [-0.2, 0) is 0 Å². The Balaban J connectivity index is 4.07. The van der Waals surface area contributed by atoms with Crippen molar-refractivity contribution in [3.8, 4) is 0 Å². The van der Waals surface area contributed by atoms with Crippen LogP contribution in [0, 0.1) is 11.8 Å². The minimum absolute atomic E-state index is 0.0202. The molecular weight excluding hydrogens is 259 g/mol. The maximum atomic E-state index is 12.1. The van der Waals surface area contributed by atoms with Crippen molar-refractivity contribution in [3.63, 3.8) is 0 Å². The minimum Gasteiger partial charge on any atom is -0.312 e. The Morgan fingerprint density at radius 2 is 1.67 bits per heavy atom. The molecular formula is C13H26F3NS. The van der Waals surface area contributed by atoms with Gasteiger partial charge in [-0.2, -0.15) is 13.2 Å². The molecule has 0 aromatic rings. The van der Waals surface area contributed by atoms with Crippen molar-refractivity contribution in [3.05, 3.63) is 0 Å². The smallest absolute Gasteiger partial charge is 0.312 e. The van der Waals surface area contributed by atoms with Gasteiger partial charge in [-0.15, -0.1) is 0 Å². The van der Waals surface area contributed by atoms with Crippen molar-refractivity contribution in [2.24, 2.45) is 11.8 Å². The Labute approximate surface area is 113 Å². The van der Waals surface area contributed by atoms with Crippen LogP contribution in [0.1, 0.15) is 47.5 Å². The summed E-state index contributed by atoms with van der Waals surface area (Å²) in [6.45, 7) is 11.2. The van der Waals surface area contributed by atoms with Gasteiger partial charge in [0, 0.05) is 11.3 Å². The second kappa shape index (κ2) is 7.63. The van der Waals surface area contributed by atoms with Crippen molar-refractivity contribution >= 4 is 11.8 Å². The number of thioether (sulfide) groups is 1. The van der Waals surface area contributed by atoms with Gasteiger partial charge in [-0.3, -0.25) is 0 Å². The van der Waals surface area contributed by atoms with Gasteiger partial charge in [0.15, 0.2) is 0 Å². The molecule has 1 nitrogen and oxygen atoms in total. The zero-order valence-electron chi connectivity index (χ0n) is 12.0. The first-order chi connectivity index (χ1) is 7.99. The molecule has 0 fully saturated rings. The van der Waals surface area contributed by atoms with Gasteiger partial charge < -0.3 is 5.32 Å². The molecule has 1 N–H and O–H groups in total. The van der Waals surface area contributed by atoms with Crippen molar-refractivity contribution in [1.29, 1.82) is 0 Å². The fourth-order valence-corrected chi connectivity index (χ4v) is 2.44. The van der Waals surface area contributed by atoms with E-state index in [1.165, 1.54) is 0 Å². The fraction of sp³-hybridized carbons (Fsp3) is 1.00. The summed E-state index contributed by atoms with van der Waals surface area (Å²) < 4.78 is 36.3. The monoisotopic (exact) mass is 285 g/mol. The summed E-state index contributed by atoms with van der Waals surface area (Å²) >= 11 is 0.0946. The van der Waals surface area contributed by atoms with Crippen molar-refractivity contribution < 1.29 is 13.2 Å². The maximum absolute atomic E-state index is 12.1. The normalized spacial score (nSPS) is 15.2. The molecule has 0 radical (unpaired) electrons. The van der Waals surface area contributed by atoms with E-state index in [0.29, 0.717) is 18.3 Å². The third-order valence-electron chi connectivity index (χ3n) is 2.52. The molecule has 0 aliphatic rings. The first-order valence-electron chi connectivity index (χ1n) is 6.45. The van der Waals surface area contributed by atoms with Crippen LogP contribution in [0.2, 0.25) is 0 Å². The van der Waals surface area contributed by atoms with Crippen LogP contribution < -0.4 is 5.32 Å². The van der Waals surface area contributed by atoms with E-state index < -0.39 is 5.51 Å². The molecule has 18 heavy (non-hydrogen) atoms. The van der Waals surface area contributed by atoms with Gasteiger partial charge in [0.25, 0.3) is 0 Å². The van der Waals surface area contributed by atoms with Gasteiger partial charge in [0.05, 0.1) is 0 Å². The highest BCUT2D eigenvalue weighted by Crippen LogP contribution is 2.32. The summed E-state index contributed by atoms with van der Waals surface area (Å²) in [5.41, 5.74) is -4.08. The van der Waals surface area contributed by atoms with Crippen LogP contribution in [-0.4, -0.2) is 23.3 Å². The lowest BCUT2D eigenvalue weighted by Gasteiger charge is -2.26. The molecule has 0 aromatic heterocycles. The van der Waals surface area contributed by atoms with E-state index in [4.69, 9.17) is 0 Å². The SMILES string of the molecule is CC(C)CC(CCSC(F)(F)F)CNC(C)(C)C. The van der Waals surface area contributed by atoms with Crippen LogP contribution in [0.4, 0.5) is 13.2 Å². The highest BCUT2D eigenvalue weighted by molar-refractivity contribution is 8.00. The molecule has 0 saturated heterocycles. The number of rotatable bonds is 7. The third kappa shape index (κ3) is 12.6. The van der Waals surface area contributed by atoms with Crippen LogP contribution in [0.15, 0.2) is 0 Å². The summed E-state index contributed by atoms with van der Waals surface area (Å²) in [7, 11) is 0. The molecule has 0 aliphatic heterocycles. The number of hydrogen-bond donors (Lipinski definition) is 1. The first-order valence-corrected chi connectivity index (χ1v) is 7.44. The van der Waals surface area contributed by atoms with Crippen molar-refractivity contribution in [1.82, 2.24) is 5.32 Å². The molecule has 0 bridgehead atoms. The van der Waals surface area contributed by atoms with Crippen LogP contribution in [0.3, 0.4) is 0 Å². The van der Waals surface area contributed by atoms with Crippen LogP contribution in [0.5, 0.6) is 0 Å². The molecule has 5 heteroatoms. The average Bonchev–Trinajstić information content (AvgIpc) is 2.09. The molecule has 0 rings (SSSR count). The molecule has 1 unspecified atom stereocenters. The van der Waals surface area contributed by atoms with Gasteiger partial charge in [-0.05, 0) is 52.0 Å². The predicted octanol–water partition coefficient (Wildman–Crippen LogP) is 4.68. The number of alkyl halides is 3. The second-order valence-electron chi connectivity index (χ2n) is 6.21. The Kier molecular flexibility index (Phi) is 7.67. The zero-order chi connectivity index (χ0) is 14.4. The van der Waals surface area contributed by atoms with E-state index >= 15 is 0 Å². The van der Waals surface area contributed by atoms with Gasteiger partial charge in [0.1, 0.15) is 0 Å². The Hall–Kier alpha value is 0.1000. The average molecular weight is 285 g/mol. The molecule has 0 spiro atoms. The Bertz CT molecular complexity index is 221. The van der Waals surface area contributed by atoms with E-state index in [1.807, 2.05) is 0 Å². The lowest BCUT2D eigenvalue weighted by atomic mass is 9.94. The fourth-order valence-electron chi connectivity index (χ4n) is 1.76. The molecule has 0 saturated carbocycles. The molecule has 0 amide bonds. The van der Waals surface area contributed by atoms with Gasteiger partial charge in [0.2, 0.25) is 0 Å². The zero-order valence-corrected chi connectivity index (χ0v) is 12.8. The Morgan fingerprint density at radius 3 is 2.06 bits per heavy atom. The summed E-state index contributed by atoms with van der Waals surface area (Å²) in [5.74, 6) is 0.999. The lowest BCUT2D eigenvalue weighted by Crippen LogP contribution is -2.39. The molecule has 1 atom stereocenters. The topological polar surface area (TPSA) is 12.0 Å². The highest BCUT2D eigenvalue weighted by Gasteiger charge is 2.28. The summed E-state index contributed by atoms with van der Waals surface area (Å²) in [4.78, 5) is 0. The van der Waals surface area contributed by atoms with E-state index in [2.05, 4.69) is 39.9 Å². The quantitative estimate of drug-likeness (QED) is 0.729.